The van der Waals surface area contributed by atoms with E-state index in [4.69, 9.17) is 0 Å². The van der Waals surface area contributed by atoms with Crippen molar-refractivity contribution in [3.05, 3.63) is 47.2 Å². The van der Waals surface area contributed by atoms with Gasteiger partial charge in [-0.25, -0.2) is 31.9 Å². The fourth-order valence-electron chi connectivity index (χ4n) is 2.67. The minimum absolute atomic E-state index is 0.0497. The predicted octanol–water partition coefficient (Wildman–Crippen LogP) is 2.92. The van der Waals surface area contributed by atoms with Crippen molar-refractivity contribution >= 4 is 27.6 Å². The summed E-state index contributed by atoms with van der Waals surface area (Å²) in [4.78, 5) is 8.68. The van der Waals surface area contributed by atoms with Crippen LogP contribution in [0.15, 0.2) is 29.4 Å². The van der Waals surface area contributed by atoms with Crippen LogP contribution >= 0.6 is 11.8 Å². The lowest BCUT2D eigenvalue weighted by Crippen LogP contribution is -2.27. The average Bonchev–Trinajstić information content (AvgIpc) is 2.66. The SMILES string of the molecule is CC(C)C[C@H](CO)Nc1cc(CNS(C)(=O)=O)nc(SCc2cccc(F)c2F)n1. The van der Waals surface area contributed by atoms with Gasteiger partial charge in [0.2, 0.25) is 10.0 Å². The number of aliphatic hydroxyl groups is 1. The zero-order valence-corrected chi connectivity index (χ0v) is 18.7. The Balaban J connectivity index is 2.24. The first-order valence-corrected chi connectivity index (χ1v) is 12.2. The molecule has 2 aromatic rings. The third-order valence-corrected chi connectivity index (χ3v) is 5.56. The van der Waals surface area contributed by atoms with Crippen LogP contribution in [0.5, 0.6) is 0 Å². The summed E-state index contributed by atoms with van der Waals surface area (Å²) in [5.41, 5.74) is 0.576. The van der Waals surface area contributed by atoms with E-state index in [1.165, 1.54) is 12.1 Å². The normalized spacial score (nSPS) is 12.9. The van der Waals surface area contributed by atoms with Crippen LogP contribution < -0.4 is 10.0 Å². The van der Waals surface area contributed by atoms with Crippen LogP contribution in [0.25, 0.3) is 0 Å². The van der Waals surface area contributed by atoms with Gasteiger partial charge in [0, 0.05) is 17.4 Å². The fraction of sp³-hybridized carbons (Fsp3) is 0.474. The Morgan fingerprint density at radius 2 is 1.97 bits per heavy atom. The highest BCUT2D eigenvalue weighted by Gasteiger charge is 2.14. The Hall–Kier alpha value is -1.82. The lowest BCUT2D eigenvalue weighted by Gasteiger charge is -2.19. The number of anilines is 1. The highest BCUT2D eigenvalue weighted by Crippen LogP contribution is 2.24. The van der Waals surface area contributed by atoms with E-state index >= 15 is 0 Å². The standard InChI is InChI=1S/C19H26F2N4O3S2/c1-12(2)7-15(10-26)23-17-8-14(9-22-30(3,27)28)24-19(25-17)29-11-13-5-4-6-16(20)18(13)21/h4-6,8,12,15,22,26H,7,9-11H2,1-3H3,(H,23,24,25)/t15-/m1/s1. The van der Waals surface area contributed by atoms with E-state index < -0.39 is 21.7 Å². The molecular formula is C19H26F2N4O3S2. The van der Waals surface area contributed by atoms with Crippen LogP contribution in [0, 0.1) is 17.6 Å². The molecule has 1 aromatic carbocycles. The van der Waals surface area contributed by atoms with E-state index in [0.717, 1.165) is 24.1 Å². The third-order valence-electron chi connectivity index (χ3n) is 3.99. The van der Waals surface area contributed by atoms with Crippen LogP contribution in [0.2, 0.25) is 0 Å². The molecular weight excluding hydrogens is 434 g/mol. The first kappa shape index (κ1) is 24.4. The first-order valence-electron chi connectivity index (χ1n) is 9.33. The lowest BCUT2D eigenvalue weighted by molar-refractivity contribution is 0.259. The largest absolute Gasteiger partial charge is 0.394 e. The molecule has 11 heteroatoms. The maximum atomic E-state index is 13.9. The van der Waals surface area contributed by atoms with Crippen molar-refractivity contribution in [2.24, 2.45) is 5.92 Å². The number of sulfonamides is 1. The summed E-state index contributed by atoms with van der Waals surface area (Å²) >= 11 is 1.10. The molecule has 3 N–H and O–H groups in total. The van der Waals surface area contributed by atoms with Crippen LogP contribution in [0.1, 0.15) is 31.5 Å². The van der Waals surface area contributed by atoms with E-state index in [0.29, 0.717) is 23.9 Å². The van der Waals surface area contributed by atoms with E-state index in [1.807, 2.05) is 13.8 Å². The summed E-state index contributed by atoms with van der Waals surface area (Å²) in [7, 11) is -3.43. The molecule has 0 unspecified atom stereocenters. The molecule has 0 amide bonds. The van der Waals surface area contributed by atoms with Gasteiger partial charge in [-0.3, -0.25) is 0 Å². The minimum Gasteiger partial charge on any atom is -0.394 e. The van der Waals surface area contributed by atoms with Crippen molar-refractivity contribution in [1.82, 2.24) is 14.7 Å². The average molecular weight is 461 g/mol. The topological polar surface area (TPSA) is 104 Å². The number of rotatable bonds is 11. The zero-order chi connectivity index (χ0) is 22.3. The van der Waals surface area contributed by atoms with Crippen LogP contribution in [0.3, 0.4) is 0 Å². The van der Waals surface area contributed by atoms with Gasteiger partial charge in [-0.1, -0.05) is 37.7 Å². The van der Waals surface area contributed by atoms with Gasteiger partial charge in [0.05, 0.1) is 31.1 Å². The maximum absolute atomic E-state index is 13.9. The molecule has 1 atom stereocenters. The summed E-state index contributed by atoms with van der Waals surface area (Å²) in [6, 6.07) is 5.29. The van der Waals surface area contributed by atoms with Gasteiger partial charge >= 0.3 is 0 Å². The number of aromatic nitrogens is 2. The number of nitrogens with zero attached hydrogens (tertiary/aromatic N) is 2. The molecule has 30 heavy (non-hydrogen) atoms. The second-order valence-corrected chi connectivity index (χ2v) is 10.1. The van der Waals surface area contributed by atoms with Crippen LogP contribution in [0.4, 0.5) is 14.6 Å². The summed E-state index contributed by atoms with van der Waals surface area (Å²) in [5.74, 6) is -0.996. The number of hydrogen-bond donors (Lipinski definition) is 3. The minimum atomic E-state index is -3.43. The lowest BCUT2D eigenvalue weighted by atomic mass is 10.0. The zero-order valence-electron chi connectivity index (χ0n) is 17.0. The smallest absolute Gasteiger partial charge is 0.209 e. The molecule has 7 nitrogen and oxygen atoms in total. The van der Waals surface area contributed by atoms with Gasteiger partial charge in [0.15, 0.2) is 16.8 Å². The molecule has 1 aromatic heterocycles. The Kier molecular flexibility index (Phi) is 8.95. The summed E-state index contributed by atoms with van der Waals surface area (Å²) < 4.78 is 52.5. The quantitative estimate of drug-likeness (QED) is 0.350. The Bertz CT molecular complexity index is 959. The fourth-order valence-corrected chi connectivity index (χ4v) is 3.93. The number of halogens is 2. The molecule has 1 heterocycles. The molecule has 0 aliphatic rings. The van der Waals surface area contributed by atoms with Gasteiger partial charge in [-0.05, 0) is 18.4 Å². The third kappa shape index (κ3) is 8.13. The van der Waals surface area contributed by atoms with Crippen molar-refractivity contribution in [3.63, 3.8) is 0 Å². The summed E-state index contributed by atoms with van der Waals surface area (Å²) in [6.45, 7) is 3.91. The summed E-state index contributed by atoms with van der Waals surface area (Å²) in [5, 5.41) is 13.0. The van der Waals surface area contributed by atoms with Crippen molar-refractivity contribution in [2.75, 3.05) is 18.2 Å². The monoisotopic (exact) mass is 460 g/mol. The van der Waals surface area contributed by atoms with E-state index in [1.54, 1.807) is 6.07 Å². The highest BCUT2D eigenvalue weighted by atomic mass is 32.2. The number of thioether (sulfide) groups is 1. The molecule has 0 radical (unpaired) electrons. The first-order chi connectivity index (χ1) is 14.1. The molecule has 2 rings (SSSR count). The summed E-state index contributed by atoms with van der Waals surface area (Å²) in [6.07, 6.45) is 1.74. The molecule has 0 saturated carbocycles. The van der Waals surface area contributed by atoms with E-state index in [9.17, 15) is 22.3 Å². The number of benzene rings is 1. The number of hydrogen-bond acceptors (Lipinski definition) is 7. The van der Waals surface area contributed by atoms with Crippen molar-refractivity contribution in [2.45, 2.75) is 43.8 Å². The van der Waals surface area contributed by atoms with E-state index in [2.05, 4.69) is 20.0 Å². The molecule has 0 aliphatic carbocycles. The van der Waals surface area contributed by atoms with Crippen LogP contribution in [-0.4, -0.2) is 42.4 Å². The van der Waals surface area contributed by atoms with Crippen molar-refractivity contribution in [3.8, 4) is 0 Å². The second-order valence-electron chi connectivity index (χ2n) is 7.28. The molecule has 0 bridgehead atoms. The number of nitrogens with one attached hydrogen (secondary N) is 2. The molecule has 0 saturated heterocycles. The van der Waals surface area contributed by atoms with Gasteiger partial charge in [0.25, 0.3) is 0 Å². The Morgan fingerprint density at radius 1 is 1.23 bits per heavy atom. The van der Waals surface area contributed by atoms with Crippen molar-refractivity contribution < 1.29 is 22.3 Å². The Morgan fingerprint density at radius 3 is 2.60 bits per heavy atom. The second kappa shape index (κ2) is 11.0. The van der Waals surface area contributed by atoms with Gasteiger partial charge < -0.3 is 10.4 Å². The van der Waals surface area contributed by atoms with Crippen LogP contribution in [-0.2, 0) is 22.3 Å². The molecule has 0 aliphatic heterocycles. The highest BCUT2D eigenvalue weighted by molar-refractivity contribution is 7.98. The van der Waals surface area contributed by atoms with E-state index in [-0.39, 0.29) is 35.7 Å². The predicted molar refractivity (Wildman–Crippen MR) is 114 cm³/mol. The van der Waals surface area contributed by atoms with Gasteiger partial charge in [-0.15, -0.1) is 0 Å². The number of aliphatic hydroxyl groups excluding tert-OH is 1. The van der Waals surface area contributed by atoms with Crippen molar-refractivity contribution in [1.29, 1.82) is 0 Å². The maximum Gasteiger partial charge on any atom is 0.209 e. The van der Waals surface area contributed by atoms with Gasteiger partial charge in [-0.2, -0.15) is 0 Å². The molecule has 0 fully saturated rings. The Labute approximate surface area is 179 Å². The molecule has 0 spiro atoms. The molecule has 166 valence electrons. The van der Waals surface area contributed by atoms with Gasteiger partial charge in [0.1, 0.15) is 5.82 Å².